The molecule has 0 heterocycles. The van der Waals surface area contributed by atoms with Gasteiger partial charge in [-0.1, -0.05) is 12.2 Å². The highest BCUT2D eigenvalue weighted by Crippen LogP contribution is 2.23. The zero-order valence-electron chi connectivity index (χ0n) is 10.2. The molecule has 1 rings (SSSR count). The van der Waals surface area contributed by atoms with Gasteiger partial charge in [0.25, 0.3) is 0 Å². The standard InChI is InChI=1S/C12H12F2N2O3/c1-8(17)15-5-3-2-4-9-6-10(13)12(16(18)19)11(14)7-9/h2,4,6-7H,3,5H2,1H3,(H,15,17). The molecule has 19 heavy (non-hydrogen) atoms. The molecule has 1 N–H and O–H groups in total. The molecule has 1 amide bonds. The topological polar surface area (TPSA) is 72.2 Å². The number of amides is 1. The lowest BCUT2D eigenvalue weighted by Gasteiger charge is -1.99. The van der Waals surface area contributed by atoms with E-state index in [1.54, 1.807) is 6.08 Å². The third kappa shape index (κ3) is 4.46. The van der Waals surface area contributed by atoms with Crippen LogP contribution in [0.5, 0.6) is 0 Å². The smallest absolute Gasteiger partial charge is 0.340 e. The van der Waals surface area contributed by atoms with Crippen molar-refractivity contribution in [3.05, 3.63) is 45.5 Å². The van der Waals surface area contributed by atoms with E-state index in [2.05, 4.69) is 5.32 Å². The maximum absolute atomic E-state index is 13.3. The summed E-state index contributed by atoms with van der Waals surface area (Å²) in [5.74, 6) is -2.60. The van der Waals surface area contributed by atoms with Crippen molar-refractivity contribution in [1.82, 2.24) is 5.32 Å². The molecular weight excluding hydrogens is 258 g/mol. The molecule has 5 nitrogen and oxygen atoms in total. The molecular formula is C12H12F2N2O3. The first kappa shape index (κ1) is 14.7. The van der Waals surface area contributed by atoms with Crippen LogP contribution in [0.1, 0.15) is 18.9 Å². The number of halogens is 2. The largest absolute Gasteiger partial charge is 0.356 e. The summed E-state index contributed by atoms with van der Waals surface area (Å²) >= 11 is 0. The van der Waals surface area contributed by atoms with Crippen molar-refractivity contribution in [2.24, 2.45) is 0 Å². The van der Waals surface area contributed by atoms with Gasteiger partial charge < -0.3 is 5.32 Å². The van der Waals surface area contributed by atoms with Gasteiger partial charge in [0.15, 0.2) is 0 Å². The Morgan fingerprint density at radius 2 is 2.00 bits per heavy atom. The third-order valence-corrected chi connectivity index (χ3v) is 2.22. The van der Waals surface area contributed by atoms with E-state index < -0.39 is 22.2 Å². The quantitative estimate of drug-likeness (QED) is 0.507. The van der Waals surface area contributed by atoms with Crippen LogP contribution >= 0.6 is 0 Å². The van der Waals surface area contributed by atoms with Crippen molar-refractivity contribution >= 4 is 17.7 Å². The Bertz CT molecular complexity index is 507. The molecule has 0 aromatic heterocycles. The minimum absolute atomic E-state index is 0.166. The van der Waals surface area contributed by atoms with Gasteiger partial charge in [-0.2, -0.15) is 8.78 Å². The molecule has 0 aliphatic rings. The maximum atomic E-state index is 13.3. The molecule has 0 fully saturated rings. The summed E-state index contributed by atoms with van der Waals surface area (Å²) in [6.07, 6.45) is 3.52. The molecule has 0 saturated heterocycles. The molecule has 1 aromatic carbocycles. The number of carbonyl (C=O) groups is 1. The number of rotatable bonds is 5. The molecule has 0 unspecified atom stereocenters. The predicted molar refractivity (Wildman–Crippen MR) is 65.3 cm³/mol. The predicted octanol–water partition coefficient (Wildman–Crippen LogP) is 2.41. The highest BCUT2D eigenvalue weighted by Gasteiger charge is 2.21. The Kier molecular flexibility index (Phi) is 5.11. The summed E-state index contributed by atoms with van der Waals surface area (Å²) in [7, 11) is 0. The highest BCUT2D eigenvalue weighted by molar-refractivity contribution is 5.72. The Labute approximate surface area is 108 Å². The number of hydrogen-bond acceptors (Lipinski definition) is 3. The zero-order valence-corrected chi connectivity index (χ0v) is 10.2. The number of benzene rings is 1. The lowest BCUT2D eigenvalue weighted by Crippen LogP contribution is -2.20. The fourth-order valence-corrected chi connectivity index (χ4v) is 1.41. The molecule has 1 aromatic rings. The van der Waals surface area contributed by atoms with E-state index in [1.165, 1.54) is 13.0 Å². The first-order valence-corrected chi connectivity index (χ1v) is 5.46. The Hall–Kier alpha value is -2.31. The van der Waals surface area contributed by atoms with Crippen LogP contribution in [0, 0.1) is 21.7 Å². The van der Waals surface area contributed by atoms with E-state index in [0.29, 0.717) is 13.0 Å². The van der Waals surface area contributed by atoms with Gasteiger partial charge in [-0.3, -0.25) is 14.9 Å². The lowest BCUT2D eigenvalue weighted by atomic mass is 10.1. The van der Waals surface area contributed by atoms with Gasteiger partial charge in [-0.15, -0.1) is 0 Å². The van der Waals surface area contributed by atoms with E-state index in [0.717, 1.165) is 12.1 Å². The lowest BCUT2D eigenvalue weighted by molar-refractivity contribution is -0.390. The fraction of sp³-hybridized carbons (Fsp3) is 0.250. The normalized spacial score (nSPS) is 10.7. The SMILES string of the molecule is CC(=O)NCCC=Cc1cc(F)c([N+](=O)[O-])c(F)c1. The Morgan fingerprint density at radius 3 is 2.47 bits per heavy atom. The van der Waals surface area contributed by atoms with Gasteiger partial charge in [0.2, 0.25) is 17.5 Å². The summed E-state index contributed by atoms with van der Waals surface area (Å²) in [6.45, 7) is 1.79. The molecule has 7 heteroatoms. The Balaban J connectivity index is 2.73. The van der Waals surface area contributed by atoms with E-state index >= 15 is 0 Å². The van der Waals surface area contributed by atoms with Crippen molar-refractivity contribution in [2.75, 3.05) is 6.54 Å². The van der Waals surface area contributed by atoms with E-state index in [-0.39, 0.29) is 11.5 Å². The molecule has 0 aliphatic heterocycles. The van der Waals surface area contributed by atoms with Crippen molar-refractivity contribution in [3.63, 3.8) is 0 Å². The van der Waals surface area contributed by atoms with Crippen LogP contribution in [0.2, 0.25) is 0 Å². The van der Waals surface area contributed by atoms with Crippen molar-refractivity contribution in [3.8, 4) is 0 Å². The van der Waals surface area contributed by atoms with Crippen LogP contribution in [-0.4, -0.2) is 17.4 Å². The highest BCUT2D eigenvalue weighted by atomic mass is 19.1. The molecule has 102 valence electrons. The van der Waals surface area contributed by atoms with Crippen LogP contribution in [0.4, 0.5) is 14.5 Å². The van der Waals surface area contributed by atoms with Crippen molar-refractivity contribution in [2.45, 2.75) is 13.3 Å². The first-order valence-electron chi connectivity index (χ1n) is 5.46. The summed E-state index contributed by atoms with van der Waals surface area (Å²) in [5.41, 5.74) is -0.973. The van der Waals surface area contributed by atoms with Gasteiger partial charge in [0.1, 0.15) is 0 Å². The second-order valence-electron chi connectivity index (χ2n) is 3.76. The summed E-state index contributed by atoms with van der Waals surface area (Å²) in [6, 6.07) is 1.77. The van der Waals surface area contributed by atoms with Crippen LogP contribution in [0.15, 0.2) is 18.2 Å². The minimum Gasteiger partial charge on any atom is -0.356 e. The molecule has 0 aliphatic carbocycles. The van der Waals surface area contributed by atoms with Gasteiger partial charge in [0.05, 0.1) is 4.92 Å². The van der Waals surface area contributed by atoms with E-state index in [4.69, 9.17) is 0 Å². The van der Waals surface area contributed by atoms with Gasteiger partial charge in [-0.05, 0) is 24.1 Å². The Morgan fingerprint density at radius 1 is 1.42 bits per heavy atom. The van der Waals surface area contributed by atoms with Crippen molar-refractivity contribution < 1.29 is 18.5 Å². The average molecular weight is 270 g/mol. The fourth-order valence-electron chi connectivity index (χ4n) is 1.41. The number of nitro benzene ring substituents is 1. The second-order valence-corrected chi connectivity index (χ2v) is 3.76. The van der Waals surface area contributed by atoms with Crippen LogP contribution in [0.25, 0.3) is 6.08 Å². The van der Waals surface area contributed by atoms with Crippen LogP contribution in [-0.2, 0) is 4.79 Å². The average Bonchev–Trinajstić information content (AvgIpc) is 2.26. The zero-order chi connectivity index (χ0) is 14.4. The van der Waals surface area contributed by atoms with E-state index in [1.807, 2.05) is 0 Å². The second kappa shape index (κ2) is 6.58. The third-order valence-electron chi connectivity index (χ3n) is 2.22. The summed E-state index contributed by atoms with van der Waals surface area (Å²) in [5, 5.41) is 12.9. The molecule has 0 radical (unpaired) electrons. The summed E-state index contributed by atoms with van der Waals surface area (Å²) in [4.78, 5) is 19.9. The maximum Gasteiger partial charge on any atom is 0.340 e. The number of nitro groups is 1. The van der Waals surface area contributed by atoms with Crippen molar-refractivity contribution in [1.29, 1.82) is 0 Å². The van der Waals surface area contributed by atoms with Crippen LogP contribution < -0.4 is 5.32 Å². The molecule has 0 bridgehead atoms. The van der Waals surface area contributed by atoms with Gasteiger partial charge in [0, 0.05) is 13.5 Å². The summed E-state index contributed by atoms with van der Waals surface area (Å²) < 4.78 is 26.5. The number of nitrogens with zero attached hydrogens (tertiary/aromatic N) is 1. The molecule has 0 saturated carbocycles. The number of carbonyl (C=O) groups excluding carboxylic acids is 1. The monoisotopic (exact) mass is 270 g/mol. The number of hydrogen-bond donors (Lipinski definition) is 1. The number of nitrogens with one attached hydrogen (secondary N) is 1. The first-order chi connectivity index (χ1) is 8.91. The van der Waals surface area contributed by atoms with Gasteiger partial charge in [-0.25, -0.2) is 0 Å². The van der Waals surface area contributed by atoms with Crippen LogP contribution in [0.3, 0.4) is 0 Å². The molecule has 0 atom stereocenters. The van der Waals surface area contributed by atoms with Gasteiger partial charge >= 0.3 is 5.69 Å². The molecule has 0 spiro atoms. The minimum atomic E-state index is -1.22. The van der Waals surface area contributed by atoms with E-state index in [9.17, 15) is 23.7 Å².